The fourth-order valence-electron chi connectivity index (χ4n) is 1.53. The van der Waals surface area contributed by atoms with Crippen LogP contribution < -0.4 is 5.32 Å². The molecule has 0 spiro atoms. The number of likely N-dealkylation sites (N-methyl/N-ethyl adjacent to an activating group) is 1. The molecule has 0 heterocycles. The molecule has 0 aromatic heterocycles. The number of aliphatic hydroxyl groups excluding tert-OH is 2. The van der Waals surface area contributed by atoms with Gasteiger partial charge in [0.1, 0.15) is 0 Å². The van der Waals surface area contributed by atoms with Crippen LogP contribution in [-0.4, -0.2) is 69.0 Å². The maximum atomic E-state index is 9.64. The minimum Gasteiger partial charge on any atom is -0.390 e. The topological polar surface area (TPSA) is 89.4 Å². The molecular weight excluding hydrogens is 273 g/mol. The minimum atomic E-state index is -1.41. The van der Waals surface area contributed by atoms with Gasteiger partial charge in [-0.3, -0.25) is 0 Å². The third-order valence-corrected chi connectivity index (χ3v) is 3.95. The number of methoxy groups -OCH3 is 1. The first kappa shape index (κ1) is 17.2. The second kappa shape index (κ2) is 9.15. The fraction of sp³-hybridized carbons (Fsp3) is 1.00. The van der Waals surface area contributed by atoms with Crippen LogP contribution in [0, 0.1) is 0 Å². The van der Waals surface area contributed by atoms with Crippen molar-refractivity contribution < 1.29 is 28.5 Å². The molecule has 1 aliphatic carbocycles. The highest BCUT2D eigenvalue weighted by Crippen LogP contribution is 2.46. The van der Waals surface area contributed by atoms with Gasteiger partial charge in [-0.15, -0.1) is 0 Å². The number of nitrogens with one attached hydrogen (secondary N) is 1. The van der Waals surface area contributed by atoms with Crippen molar-refractivity contribution in [1.82, 2.24) is 5.32 Å². The lowest BCUT2D eigenvalue weighted by Gasteiger charge is -2.19. The Morgan fingerprint density at radius 1 is 1.26 bits per heavy atom. The van der Waals surface area contributed by atoms with Crippen molar-refractivity contribution in [2.24, 2.45) is 0 Å². The lowest BCUT2D eigenvalue weighted by Crippen LogP contribution is -2.35. The summed E-state index contributed by atoms with van der Waals surface area (Å²) in [5, 5.41) is 22.0. The zero-order chi connectivity index (χ0) is 14.3. The summed E-state index contributed by atoms with van der Waals surface area (Å²) >= 11 is 0. The Kier molecular flexibility index (Phi) is 8.29. The van der Waals surface area contributed by atoms with Crippen molar-refractivity contribution in [1.29, 1.82) is 0 Å². The molecule has 1 saturated carbocycles. The van der Waals surface area contributed by atoms with Gasteiger partial charge in [0.25, 0.3) is 0 Å². The molecule has 0 amide bonds. The average Bonchev–Trinajstić information content (AvgIpc) is 3.16. The first-order valence-electron chi connectivity index (χ1n) is 6.29. The molecule has 5 unspecified atom stereocenters. The monoisotopic (exact) mass is 297 g/mol. The van der Waals surface area contributed by atoms with Gasteiger partial charge in [0.05, 0.1) is 31.0 Å². The molecule has 114 valence electrons. The van der Waals surface area contributed by atoms with Crippen molar-refractivity contribution in [2.45, 2.75) is 37.3 Å². The highest BCUT2D eigenvalue weighted by atomic mass is 31.2. The maximum Gasteiger partial charge on any atom is 0.332 e. The molecule has 5 atom stereocenters. The van der Waals surface area contributed by atoms with Gasteiger partial charge in [0.2, 0.25) is 0 Å². The summed E-state index contributed by atoms with van der Waals surface area (Å²) in [6.45, 7) is 0.611. The zero-order valence-corrected chi connectivity index (χ0v) is 12.5. The van der Waals surface area contributed by atoms with E-state index < -0.39 is 20.8 Å². The van der Waals surface area contributed by atoms with Gasteiger partial charge in [-0.1, -0.05) is 0 Å². The van der Waals surface area contributed by atoms with Crippen molar-refractivity contribution in [3.05, 3.63) is 0 Å². The Morgan fingerprint density at radius 3 is 2.53 bits per heavy atom. The molecular formula is C11H24NO6P. The van der Waals surface area contributed by atoms with Gasteiger partial charge >= 0.3 is 8.60 Å². The number of hydrogen-bond acceptors (Lipinski definition) is 7. The van der Waals surface area contributed by atoms with Crippen LogP contribution in [0.2, 0.25) is 0 Å². The normalized spacial score (nSPS) is 27.0. The van der Waals surface area contributed by atoms with Crippen molar-refractivity contribution >= 4 is 8.60 Å². The van der Waals surface area contributed by atoms with E-state index in [1.54, 1.807) is 14.2 Å². The summed E-state index contributed by atoms with van der Waals surface area (Å²) in [7, 11) is 3.46. The summed E-state index contributed by atoms with van der Waals surface area (Å²) in [6, 6.07) is 0. The quantitative estimate of drug-likeness (QED) is 0.463. The smallest absolute Gasteiger partial charge is 0.332 e. The van der Waals surface area contributed by atoms with Crippen LogP contribution in [0.1, 0.15) is 12.8 Å². The molecule has 0 aromatic carbocycles. The lowest BCUT2D eigenvalue weighted by molar-refractivity contribution is 0.00705. The van der Waals surface area contributed by atoms with Crippen LogP contribution in [0.4, 0.5) is 0 Å². The van der Waals surface area contributed by atoms with Gasteiger partial charge in [0.15, 0.2) is 0 Å². The van der Waals surface area contributed by atoms with Gasteiger partial charge in [-0.2, -0.15) is 0 Å². The number of ether oxygens (including phenoxy) is 1. The predicted molar refractivity (Wildman–Crippen MR) is 70.7 cm³/mol. The van der Waals surface area contributed by atoms with Gasteiger partial charge < -0.3 is 33.8 Å². The van der Waals surface area contributed by atoms with Crippen molar-refractivity contribution in [3.8, 4) is 0 Å². The molecule has 0 bridgehead atoms. The molecule has 0 radical (unpaired) electrons. The van der Waals surface area contributed by atoms with E-state index in [2.05, 4.69) is 5.32 Å². The van der Waals surface area contributed by atoms with E-state index in [0.717, 1.165) is 6.42 Å². The minimum absolute atomic E-state index is 0.0378. The van der Waals surface area contributed by atoms with Gasteiger partial charge in [-0.05, 0) is 13.5 Å². The highest BCUT2D eigenvalue weighted by molar-refractivity contribution is 7.41. The first-order chi connectivity index (χ1) is 9.12. The van der Waals surface area contributed by atoms with Crippen molar-refractivity contribution in [2.75, 3.05) is 34.4 Å². The van der Waals surface area contributed by atoms with Crippen LogP contribution in [0.25, 0.3) is 0 Å². The molecule has 0 aliphatic heterocycles. The van der Waals surface area contributed by atoms with E-state index in [9.17, 15) is 10.2 Å². The second-order valence-corrected chi connectivity index (χ2v) is 5.66. The standard InChI is InChI=1S/C11H24NO6P/c1-12-7-9(14)8(13)4-5-17-19(16-3)18-11-6-10(11)15-2/h8-14H,4-7H2,1-3H3. The van der Waals surface area contributed by atoms with Crippen LogP contribution in [0.15, 0.2) is 0 Å². The molecule has 1 fully saturated rings. The Morgan fingerprint density at radius 2 is 2.00 bits per heavy atom. The Balaban J connectivity index is 2.12. The summed E-state index contributed by atoms with van der Waals surface area (Å²) in [5.41, 5.74) is 0. The summed E-state index contributed by atoms with van der Waals surface area (Å²) in [4.78, 5) is 0. The Labute approximate surface area is 115 Å². The number of rotatable bonds is 11. The summed E-state index contributed by atoms with van der Waals surface area (Å²) in [5.74, 6) is 0. The van der Waals surface area contributed by atoms with Gasteiger partial charge in [-0.25, -0.2) is 0 Å². The van der Waals surface area contributed by atoms with Crippen LogP contribution in [-0.2, 0) is 18.3 Å². The zero-order valence-electron chi connectivity index (χ0n) is 11.6. The SMILES string of the molecule is CNCC(O)C(O)CCOP(OC)OC1CC1OC. The van der Waals surface area contributed by atoms with E-state index in [4.69, 9.17) is 18.3 Å². The maximum absolute atomic E-state index is 9.64. The Bertz CT molecular complexity index is 247. The molecule has 0 saturated heterocycles. The molecule has 7 nitrogen and oxygen atoms in total. The fourth-order valence-corrected chi connectivity index (χ4v) is 2.48. The third-order valence-electron chi connectivity index (χ3n) is 2.82. The molecule has 0 aromatic rings. The van der Waals surface area contributed by atoms with E-state index in [1.807, 2.05) is 0 Å². The summed E-state index contributed by atoms with van der Waals surface area (Å²) in [6.07, 6.45) is -0.278. The van der Waals surface area contributed by atoms with Crippen LogP contribution in [0.5, 0.6) is 0 Å². The highest BCUT2D eigenvalue weighted by Gasteiger charge is 2.41. The third kappa shape index (κ3) is 6.42. The van der Waals surface area contributed by atoms with Crippen molar-refractivity contribution in [3.63, 3.8) is 0 Å². The molecule has 8 heteroatoms. The molecule has 19 heavy (non-hydrogen) atoms. The summed E-state index contributed by atoms with van der Waals surface area (Å²) < 4.78 is 21.2. The molecule has 1 aliphatic rings. The lowest BCUT2D eigenvalue weighted by atomic mass is 10.1. The second-order valence-electron chi connectivity index (χ2n) is 4.37. The van der Waals surface area contributed by atoms with Gasteiger partial charge in [0, 0.05) is 27.2 Å². The van der Waals surface area contributed by atoms with Crippen LogP contribution >= 0.6 is 8.60 Å². The van der Waals surface area contributed by atoms with Crippen LogP contribution in [0.3, 0.4) is 0 Å². The predicted octanol–water partition coefficient (Wildman–Crippen LogP) is 0.0115. The van der Waals surface area contributed by atoms with E-state index in [-0.39, 0.29) is 18.8 Å². The van der Waals surface area contributed by atoms with E-state index in [0.29, 0.717) is 13.0 Å². The number of hydrogen-bond donors (Lipinski definition) is 3. The average molecular weight is 297 g/mol. The molecule has 3 N–H and O–H groups in total. The largest absolute Gasteiger partial charge is 0.390 e. The molecule has 1 rings (SSSR count). The van der Waals surface area contributed by atoms with E-state index >= 15 is 0 Å². The Hall–Kier alpha value is 0.150. The first-order valence-corrected chi connectivity index (χ1v) is 7.39. The van der Waals surface area contributed by atoms with E-state index in [1.165, 1.54) is 7.11 Å². The number of aliphatic hydroxyl groups is 2.